The van der Waals surface area contributed by atoms with Gasteiger partial charge in [0.15, 0.2) is 0 Å². The summed E-state index contributed by atoms with van der Waals surface area (Å²) in [5.74, 6) is -0.0399. The molecule has 2 rings (SSSR count). The van der Waals surface area contributed by atoms with Crippen LogP contribution in [0.4, 0.5) is 0 Å². The summed E-state index contributed by atoms with van der Waals surface area (Å²) in [6.07, 6.45) is 5.25. The van der Waals surface area contributed by atoms with Crippen LogP contribution < -0.4 is 0 Å². The van der Waals surface area contributed by atoms with Crippen molar-refractivity contribution in [2.45, 2.75) is 12.8 Å². The van der Waals surface area contributed by atoms with E-state index in [0.717, 1.165) is 25.9 Å². The molecule has 0 bridgehead atoms. The molecule has 0 spiro atoms. The number of likely N-dealkylation sites (tertiary alicyclic amines) is 1. The van der Waals surface area contributed by atoms with Gasteiger partial charge in [0.1, 0.15) is 5.69 Å². The molecule has 1 aromatic heterocycles. The van der Waals surface area contributed by atoms with Crippen molar-refractivity contribution in [3.8, 4) is 0 Å². The monoisotopic (exact) mass is 280 g/mol. The minimum absolute atomic E-state index is 0.0399. The molecular weight excluding hydrogens is 256 g/mol. The Morgan fingerprint density at radius 2 is 2.30 bits per heavy atom. The minimum atomic E-state index is -0.216. The predicted molar refractivity (Wildman–Crippen MR) is 76.4 cm³/mol. The van der Waals surface area contributed by atoms with Crippen LogP contribution in [0.3, 0.4) is 0 Å². The minimum Gasteiger partial charge on any atom is -0.396 e. The number of nitrogens with zero attached hydrogens (tertiary/aromatic N) is 4. The molecular formula is C14H24N4O2. The van der Waals surface area contributed by atoms with Crippen molar-refractivity contribution in [2.75, 3.05) is 40.3 Å². The molecule has 1 aliphatic heterocycles. The Labute approximate surface area is 120 Å². The van der Waals surface area contributed by atoms with E-state index in [4.69, 9.17) is 0 Å². The first-order chi connectivity index (χ1) is 9.46. The molecule has 0 radical (unpaired) electrons. The lowest BCUT2D eigenvalue weighted by Gasteiger charge is -2.43. The first kappa shape index (κ1) is 15.0. The van der Waals surface area contributed by atoms with E-state index < -0.39 is 0 Å². The molecule has 112 valence electrons. The van der Waals surface area contributed by atoms with Crippen LogP contribution in [0.25, 0.3) is 0 Å². The van der Waals surface area contributed by atoms with Crippen molar-refractivity contribution in [1.82, 2.24) is 19.4 Å². The third kappa shape index (κ3) is 3.19. The van der Waals surface area contributed by atoms with Gasteiger partial charge in [0.25, 0.3) is 5.91 Å². The van der Waals surface area contributed by atoms with Gasteiger partial charge in [0.2, 0.25) is 0 Å². The van der Waals surface area contributed by atoms with Gasteiger partial charge in [-0.05, 0) is 26.9 Å². The molecule has 1 N–H and O–H groups in total. The van der Waals surface area contributed by atoms with Crippen LogP contribution in [0, 0.1) is 5.41 Å². The van der Waals surface area contributed by atoms with Gasteiger partial charge in [-0.25, -0.2) is 4.98 Å². The van der Waals surface area contributed by atoms with Crippen LogP contribution in [0.5, 0.6) is 0 Å². The second-order valence-corrected chi connectivity index (χ2v) is 6.15. The van der Waals surface area contributed by atoms with E-state index in [2.05, 4.69) is 9.88 Å². The van der Waals surface area contributed by atoms with E-state index in [9.17, 15) is 9.90 Å². The summed E-state index contributed by atoms with van der Waals surface area (Å²) >= 11 is 0. The molecule has 20 heavy (non-hydrogen) atoms. The van der Waals surface area contributed by atoms with Crippen molar-refractivity contribution in [3.05, 3.63) is 18.2 Å². The predicted octanol–water partition coefficient (Wildman–Crippen LogP) is 0.196. The summed E-state index contributed by atoms with van der Waals surface area (Å²) in [5, 5.41) is 9.78. The van der Waals surface area contributed by atoms with Gasteiger partial charge in [-0.3, -0.25) is 4.79 Å². The molecule has 1 atom stereocenters. The third-order valence-electron chi connectivity index (χ3n) is 3.86. The first-order valence-corrected chi connectivity index (χ1v) is 6.99. The second kappa shape index (κ2) is 5.93. The number of rotatable bonds is 4. The van der Waals surface area contributed by atoms with Crippen molar-refractivity contribution in [1.29, 1.82) is 0 Å². The average Bonchev–Trinajstić information content (AvgIpc) is 2.84. The molecule has 6 heteroatoms. The van der Waals surface area contributed by atoms with Gasteiger partial charge in [-0.2, -0.15) is 0 Å². The number of imidazole rings is 1. The molecule has 1 aromatic rings. The molecule has 1 amide bonds. The van der Waals surface area contributed by atoms with Crippen LogP contribution in [0.15, 0.2) is 12.5 Å². The number of carbonyl (C=O) groups is 1. The highest BCUT2D eigenvalue weighted by Gasteiger charge is 2.37. The Hall–Kier alpha value is -1.40. The summed E-state index contributed by atoms with van der Waals surface area (Å²) in [6, 6.07) is 0. The zero-order chi connectivity index (χ0) is 14.8. The standard InChI is InChI=1S/C14H24N4O2/c1-16(2)8-14(10-19)5-4-6-18(9-14)13(20)12-7-17(3)11-15-12/h7,11,19H,4-6,8-10H2,1-3H3/t14-/m0/s1. The Balaban J connectivity index is 2.11. The largest absolute Gasteiger partial charge is 0.396 e. The maximum atomic E-state index is 12.5. The Kier molecular flexibility index (Phi) is 4.45. The highest BCUT2D eigenvalue weighted by molar-refractivity contribution is 5.92. The fourth-order valence-electron chi connectivity index (χ4n) is 3.05. The topological polar surface area (TPSA) is 61.6 Å². The number of aliphatic hydroxyl groups excluding tert-OH is 1. The fourth-order valence-corrected chi connectivity index (χ4v) is 3.05. The lowest BCUT2D eigenvalue weighted by molar-refractivity contribution is 0.0136. The van der Waals surface area contributed by atoms with Gasteiger partial charge in [-0.15, -0.1) is 0 Å². The van der Waals surface area contributed by atoms with Crippen molar-refractivity contribution >= 4 is 5.91 Å². The summed E-state index contributed by atoms with van der Waals surface area (Å²) in [5.41, 5.74) is 0.262. The first-order valence-electron chi connectivity index (χ1n) is 6.99. The molecule has 2 heterocycles. The van der Waals surface area contributed by atoms with Gasteiger partial charge in [0.05, 0.1) is 12.9 Å². The van der Waals surface area contributed by atoms with E-state index >= 15 is 0 Å². The highest BCUT2D eigenvalue weighted by atomic mass is 16.3. The van der Waals surface area contributed by atoms with Crippen molar-refractivity contribution < 1.29 is 9.90 Å². The van der Waals surface area contributed by atoms with Crippen LogP contribution in [0.2, 0.25) is 0 Å². The van der Waals surface area contributed by atoms with Crippen LogP contribution in [0.1, 0.15) is 23.3 Å². The maximum absolute atomic E-state index is 12.5. The SMILES string of the molecule is CN(C)C[C@@]1(CO)CCCN(C(=O)c2cn(C)cn2)C1. The van der Waals surface area contributed by atoms with E-state index in [1.165, 1.54) is 0 Å². The van der Waals surface area contributed by atoms with Gasteiger partial charge >= 0.3 is 0 Å². The summed E-state index contributed by atoms with van der Waals surface area (Å²) in [4.78, 5) is 20.5. The van der Waals surface area contributed by atoms with Gasteiger partial charge in [0, 0.05) is 38.3 Å². The number of piperidine rings is 1. The van der Waals surface area contributed by atoms with Crippen LogP contribution in [-0.2, 0) is 7.05 Å². The molecule has 6 nitrogen and oxygen atoms in total. The molecule has 0 unspecified atom stereocenters. The molecule has 0 aromatic carbocycles. The second-order valence-electron chi connectivity index (χ2n) is 6.15. The Morgan fingerprint density at radius 3 is 2.85 bits per heavy atom. The zero-order valence-electron chi connectivity index (χ0n) is 12.5. The molecule has 1 fully saturated rings. The van der Waals surface area contributed by atoms with Gasteiger partial charge in [-0.1, -0.05) is 0 Å². The summed E-state index contributed by atoms with van der Waals surface area (Å²) in [6.45, 7) is 2.23. The number of aliphatic hydroxyl groups is 1. The molecule has 0 saturated carbocycles. The fraction of sp³-hybridized carbons (Fsp3) is 0.714. The number of carbonyl (C=O) groups excluding carboxylic acids is 1. The van der Waals surface area contributed by atoms with E-state index in [1.54, 1.807) is 17.1 Å². The quantitative estimate of drug-likeness (QED) is 0.855. The van der Waals surface area contributed by atoms with Crippen molar-refractivity contribution in [3.63, 3.8) is 0 Å². The van der Waals surface area contributed by atoms with E-state index in [0.29, 0.717) is 12.2 Å². The lowest BCUT2D eigenvalue weighted by Crippen LogP contribution is -2.52. The smallest absolute Gasteiger partial charge is 0.274 e. The highest BCUT2D eigenvalue weighted by Crippen LogP contribution is 2.30. The molecule has 1 saturated heterocycles. The normalized spacial score (nSPS) is 23.4. The number of hydrogen-bond donors (Lipinski definition) is 1. The lowest BCUT2D eigenvalue weighted by atomic mass is 9.80. The third-order valence-corrected chi connectivity index (χ3v) is 3.86. The van der Waals surface area contributed by atoms with E-state index in [1.807, 2.05) is 26.0 Å². The Bertz CT molecular complexity index is 471. The summed E-state index contributed by atoms with van der Waals surface area (Å²) < 4.78 is 1.77. The Morgan fingerprint density at radius 1 is 1.55 bits per heavy atom. The molecule has 1 aliphatic rings. The maximum Gasteiger partial charge on any atom is 0.274 e. The number of amides is 1. The zero-order valence-corrected chi connectivity index (χ0v) is 12.5. The van der Waals surface area contributed by atoms with Crippen molar-refractivity contribution in [2.24, 2.45) is 12.5 Å². The average molecular weight is 280 g/mol. The van der Waals surface area contributed by atoms with Gasteiger partial charge < -0.3 is 19.5 Å². The number of hydrogen-bond acceptors (Lipinski definition) is 4. The van der Waals surface area contributed by atoms with Crippen LogP contribution in [-0.4, -0.2) is 70.7 Å². The number of aromatic nitrogens is 2. The molecule has 0 aliphatic carbocycles. The van der Waals surface area contributed by atoms with Crippen LogP contribution >= 0.6 is 0 Å². The number of aryl methyl sites for hydroxylation is 1. The summed E-state index contributed by atoms with van der Waals surface area (Å²) in [7, 11) is 5.85. The van der Waals surface area contributed by atoms with E-state index in [-0.39, 0.29) is 17.9 Å².